The van der Waals surface area contributed by atoms with Crippen LogP contribution in [0.5, 0.6) is 0 Å². The Morgan fingerprint density at radius 1 is 1.44 bits per heavy atom. The summed E-state index contributed by atoms with van der Waals surface area (Å²) in [5.41, 5.74) is 0.486. The number of hydrogen-bond acceptors (Lipinski definition) is 6. The number of anilines is 1. The quantitative estimate of drug-likeness (QED) is 0.684. The molecule has 2 rings (SSSR count). The molecule has 0 aromatic carbocycles. The fourth-order valence-corrected chi connectivity index (χ4v) is 1.33. The number of H-pyrrole nitrogens is 1. The molecule has 0 atom stereocenters. The zero-order valence-electron chi connectivity index (χ0n) is 9.84. The fourth-order valence-electron chi connectivity index (χ4n) is 1.33. The maximum atomic E-state index is 11.8. The Balaban J connectivity index is 1.92. The van der Waals surface area contributed by atoms with Crippen LogP contribution in [0.2, 0.25) is 0 Å². The molecule has 0 aliphatic carbocycles. The van der Waals surface area contributed by atoms with Crippen molar-refractivity contribution in [3.8, 4) is 0 Å². The molecular weight excluding hydrogens is 234 g/mol. The van der Waals surface area contributed by atoms with Crippen molar-refractivity contribution < 1.29 is 4.79 Å². The van der Waals surface area contributed by atoms with Gasteiger partial charge < -0.3 is 10.6 Å². The van der Waals surface area contributed by atoms with E-state index < -0.39 is 0 Å². The zero-order valence-corrected chi connectivity index (χ0v) is 9.84. The van der Waals surface area contributed by atoms with Crippen LogP contribution in [0.25, 0.3) is 0 Å². The predicted molar refractivity (Wildman–Crippen MR) is 63.7 cm³/mol. The number of tetrazole rings is 1. The van der Waals surface area contributed by atoms with Gasteiger partial charge in [0, 0.05) is 12.7 Å². The monoisotopic (exact) mass is 247 g/mol. The minimum atomic E-state index is -0.227. The molecule has 0 bridgehead atoms. The second-order valence-electron chi connectivity index (χ2n) is 3.47. The van der Waals surface area contributed by atoms with E-state index in [0.717, 1.165) is 12.4 Å². The van der Waals surface area contributed by atoms with E-state index in [-0.39, 0.29) is 12.5 Å². The van der Waals surface area contributed by atoms with E-state index in [1.807, 2.05) is 6.92 Å². The summed E-state index contributed by atoms with van der Waals surface area (Å²) in [4.78, 5) is 15.9. The van der Waals surface area contributed by atoms with Gasteiger partial charge in [-0.15, -0.1) is 10.2 Å². The van der Waals surface area contributed by atoms with Crippen LogP contribution >= 0.6 is 0 Å². The Morgan fingerprint density at radius 3 is 2.94 bits per heavy atom. The third kappa shape index (κ3) is 3.00. The lowest BCUT2D eigenvalue weighted by Crippen LogP contribution is -2.23. The second-order valence-corrected chi connectivity index (χ2v) is 3.47. The molecule has 2 aromatic rings. The standard InChI is InChI=1S/C10H13N7O/c1-2-11-8-4-3-7(5-12-8)10(18)13-6-9-14-16-17-15-9/h3-5H,2,6H2,1H3,(H,11,12)(H,13,18)(H,14,15,16,17). The van der Waals surface area contributed by atoms with E-state index in [1.54, 1.807) is 12.1 Å². The summed E-state index contributed by atoms with van der Waals surface area (Å²) >= 11 is 0. The lowest BCUT2D eigenvalue weighted by molar-refractivity contribution is 0.0949. The highest BCUT2D eigenvalue weighted by molar-refractivity contribution is 5.93. The number of hydrogen-bond donors (Lipinski definition) is 3. The molecule has 1 amide bonds. The van der Waals surface area contributed by atoms with Gasteiger partial charge >= 0.3 is 0 Å². The summed E-state index contributed by atoms with van der Waals surface area (Å²) in [6.07, 6.45) is 1.52. The molecule has 18 heavy (non-hydrogen) atoms. The Labute approximate surface area is 103 Å². The maximum Gasteiger partial charge on any atom is 0.253 e. The number of pyridine rings is 1. The Bertz CT molecular complexity index is 493. The third-order valence-corrected chi connectivity index (χ3v) is 2.18. The topological polar surface area (TPSA) is 108 Å². The summed E-state index contributed by atoms with van der Waals surface area (Å²) < 4.78 is 0. The van der Waals surface area contributed by atoms with Gasteiger partial charge in [0.05, 0.1) is 12.1 Å². The average Bonchev–Trinajstić information content (AvgIpc) is 2.90. The molecule has 8 nitrogen and oxygen atoms in total. The molecule has 3 N–H and O–H groups in total. The first-order valence-corrected chi connectivity index (χ1v) is 5.50. The van der Waals surface area contributed by atoms with Crippen LogP contribution in [0.15, 0.2) is 18.3 Å². The summed E-state index contributed by atoms with van der Waals surface area (Å²) in [7, 11) is 0. The van der Waals surface area contributed by atoms with E-state index in [1.165, 1.54) is 6.20 Å². The van der Waals surface area contributed by atoms with Crippen LogP contribution in [0.4, 0.5) is 5.82 Å². The van der Waals surface area contributed by atoms with Crippen molar-refractivity contribution >= 4 is 11.7 Å². The first-order valence-electron chi connectivity index (χ1n) is 5.50. The zero-order chi connectivity index (χ0) is 12.8. The minimum absolute atomic E-state index is 0.226. The Morgan fingerprint density at radius 2 is 2.33 bits per heavy atom. The maximum absolute atomic E-state index is 11.8. The minimum Gasteiger partial charge on any atom is -0.370 e. The van der Waals surface area contributed by atoms with Crippen molar-refractivity contribution in [3.05, 3.63) is 29.7 Å². The number of nitrogens with one attached hydrogen (secondary N) is 3. The van der Waals surface area contributed by atoms with Crippen LogP contribution in [-0.2, 0) is 6.54 Å². The molecule has 0 saturated carbocycles. The molecular formula is C10H13N7O. The van der Waals surface area contributed by atoms with Crippen LogP contribution in [-0.4, -0.2) is 38.1 Å². The van der Waals surface area contributed by atoms with Gasteiger partial charge in [-0.25, -0.2) is 4.98 Å². The number of amides is 1. The van der Waals surface area contributed by atoms with E-state index in [9.17, 15) is 4.79 Å². The third-order valence-electron chi connectivity index (χ3n) is 2.18. The molecule has 0 fully saturated rings. The van der Waals surface area contributed by atoms with Gasteiger partial charge in [0.25, 0.3) is 5.91 Å². The predicted octanol–water partition coefficient (Wildman–Crippen LogP) is -0.0435. The highest BCUT2D eigenvalue weighted by Crippen LogP contribution is 2.04. The molecule has 94 valence electrons. The van der Waals surface area contributed by atoms with Crippen molar-refractivity contribution in [1.82, 2.24) is 30.9 Å². The highest BCUT2D eigenvalue weighted by atomic mass is 16.1. The van der Waals surface area contributed by atoms with Crippen molar-refractivity contribution in [1.29, 1.82) is 0 Å². The Kier molecular flexibility index (Phi) is 3.79. The molecule has 8 heteroatoms. The van der Waals surface area contributed by atoms with Crippen molar-refractivity contribution in [2.75, 3.05) is 11.9 Å². The Hall–Kier alpha value is -2.51. The van der Waals surface area contributed by atoms with Crippen molar-refractivity contribution in [2.45, 2.75) is 13.5 Å². The number of carbonyl (C=O) groups is 1. The first-order chi connectivity index (χ1) is 8.79. The number of aromatic amines is 1. The molecule has 0 aliphatic heterocycles. The van der Waals surface area contributed by atoms with E-state index in [2.05, 4.69) is 36.2 Å². The van der Waals surface area contributed by atoms with Crippen molar-refractivity contribution in [2.24, 2.45) is 0 Å². The van der Waals surface area contributed by atoms with Crippen molar-refractivity contribution in [3.63, 3.8) is 0 Å². The summed E-state index contributed by atoms with van der Waals surface area (Å²) in [6.45, 7) is 2.99. The molecule has 0 spiro atoms. The molecule has 0 radical (unpaired) electrons. The molecule has 0 saturated heterocycles. The SMILES string of the molecule is CCNc1ccc(C(=O)NCc2nn[nH]n2)cn1. The lowest BCUT2D eigenvalue weighted by atomic mass is 10.2. The summed E-state index contributed by atoms with van der Waals surface area (Å²) in [5.74, 6) is 0.947. The number of nitrogens with zero attached hydrogens (tertiary/aromatic N) is 4. The number of aromatic nitrogens is 5. The van der Waals surface area contributed by atoms with Gasteiger partial charge in [-0.2, -0.15) is 5.21 Å². The van der Waals surface area contributed by atoms with Gasteiger partial charge in [0.15, 0.2) is 5.82 Å². The van der Waals surface area contributed by atoms with Gasteiger partial charge in [-0.05, 0) is 19.1 Å². The number of rotatable bonds is 5. The fraction of sp³-hybridized carbons (Fsp3) is 0.300. The van der Waals surface area contributed by atoms with E-state index >= 15 is 0 Å². The number of carbonyl (C=O) groups excluding carboxylic acids is 1. The van der Waals surface area contributed by atoms with Crippen LogP contribution in [0, 0.1) is 0 Å². The summed E-state index contributed by atoms with van der Waals surface area (Å²) in [5, 5.41) is 18.9. The van der Waals surface area contributed by atoms with E-state index in [4.69, 9.17) is 0 Å². The van der Waals surface area contributed by atoms with Gasteiger partial charge in [-0.1, -0.05) is 5.21 Å². The average molecular weight is 247 g/mol. The van der Waals surface area contributed by atoms with Gasteiger partial charge in [0.1, 0.15) is 5.82 Å². The van der Waals surface area contributed by atoms with E-state index in [0.29, 0.717) is 11.4 Å². The molecule has 2 heterocycles. The lowest BCUT2D eigenvalue weighted by Gasteiger charge is -2.04. The molecule has 0 aliphatic rings. The largest absolute Gasteiger partial charge is 0.370 e. The van der Waals surface area contributed by atoms with Crippen LogP contribution < -0.4 is 10.6 Å². The first kappa shape index (κ1) is 12.0. The summed E-state index contributed by atoms with van der Waals surface area (Å²) in [6, 6.07) is 3.46. The van der Waals surface area contributed by atoms with Gasteiger partial charge in [-0.3, -0.25) is 4.79 Å². The smallest absolute Gasteiger partial charge is 0.253 e. The molecule has 2 aromatic heterocycles. The molecule has 0 unspecified atom stereocenters. The van der Waals surface area contributed by atoms with Gasteiger partial charge in [0.2, 0.25) is 0 Å². The highest BCUT2D eigenvalue weighted by Gasteiger charge is 2.07. The van der Waals surface area contributed by atoms with Crippen LogP contribution in [0.3, 0.4) is 0 Å². The second kappa shape index (κ2) is 5.71. The normalized spacial score (nSPS) is 10.1. The van der Waals surface area contributed by atoms with Crippen LogP contribution in [0.1, 0.15) is 23.1 Å².